The zero-order valence-electron chi connectivity index (χ0n) is 27.7. The van der Waals surface area contributed by atoms with Crippen molar-refractivity contribution in [1.29, 1.82) is 0 Å². The summed E-state index contributed by atoms with van der Waals surface area (Å²) in [7, 11) is -9.84. The number of anilines is 3. The number of urea groups is 1. The molecule has 0 unspecified atom stereocenters. The van der Waals surface area contributed by atoms with Crippen molar-refractivity contribution in [2.45, 2.75) is 16.7 Å². The van der Waals surface area contributed by atoms with E-state index in [9.17, 15) is 45.7 Å². The van der Waals surface area contributed by atoms with Crippen molar-refractivity contribution < 1.29 is 45.7 Å². The van der Waals surface area contributed by atoms with Crippen LogP contribution in [0.2, 0.25) is 0 Å². The number of nitrogens with zero attached hydrogens (tertiary/aromatic N) is 4. The van der Waals surface area contributed by atoms with Crippen LogP contribution in [-0.4, -0.2) is 107 Å². The molecule has 0 spiro atoms. The summed E-state index contributed by atoms with van der Waals surface area (Å²) in [5.74, 6) is -1.49. The third kappa shape index (κ3) is 10.3. The summed E-state index contributed by atoms with van der Waals surface area (Å²) in [5.41, 5.74) is 0.336. The number of phenols is 2. The Morgan fingerprint density at radius 2 is 0.946 bits per heavy atom. The Balaban J connectivity index is 0.00000348. The van der Waals surface area contributed by atoms with E-state index in [-0.39, 0.29) is 104 Å². The summed E-state index contributed by atoms with van der Waals surface area (Å²) in [5, 5.41) is 45.7. The number of benzene rings is 6. The molecule has 0 aliphatic carbocycles. The summed E-state index contributed by atoms with van der Waals surface area (Å²) in [6.45, 7) is 1.34. The molecule has 0 saturated heterocycles. The van der Waals surface area contributed by atoms with E-state index in [4.69, 9.17) is 0 Å². The van der Waals surface area contributed by atoms with Gasteiger partial charge in [0.05, 0.1) is 11.4 Å². The number of amides is 3. The molecule has 7 N–H and O–H groups in total. The van der Waals surface area contributed by atoms with E-state index in [0.717, 1.165) is 12.1 Å². The molecule has 0 aromatic heterocycles. The summed E-state index contributed by atoms with van der Waals surface area (Å²) >= 11 is 0. The normalized spacial score (nSPS) is 11.6. The number of fused-ring (bicyclic) bond motifs is 2. The van der Waals surface area contributed by atoms with Gasteiger partial charge in [0.2, 0.25) is 5.91 Å². The monoisotopic (exact) mass is 817 g/mol. The van der Waals surface area contributed by atoms with Crippen LogP contribution in [-0.2, 0) is 25.0 Å². The summed E-state index contributed by atoms with van der Waals surface area (Å²) in [6, 6.07) is 23.9. The second kappa shape index (κ2) is 18.0. The molecule has 6 aromatic carbocycles. The molecule has 0 fully saturated rings. The Hall–Kier alpha value is -4.80. The Morgan fingerprint density at radius 1 is 0.536 bits per heavy atom. The van der Waals surface area contributed by atoms with Crippen LogP contribution in [0.5, 0.6) is 11.5 Å². The van der Waals surface area contributed by atoms with Crippen molar-refractivity contribution in [3.05, 3.63) is 103 Å². The van der Waals surface area contributed by atoms with Crippen LogP contribution in [0.1, 0.15) is 6.92 Å². The van der Waals surface area contributed by atoms with Gasteiger partial charge < -0.3 is 26.2 Å². The zero-order chi connectivity index (χ0) is 38.8. The third-order valence-corrected chi connectivity index (χ3v) is 9.38. The fourth-order valence-corrected chi connectivity index (χ4v) is 6.58. The first-order valence-corrected chi connectivity index (χ1v) is 18.3. The van der Waals surface area contributed by atoms with Gasteiger partial charge in [0.25, 0.3) is 20.2 Å². The molecule has 17 nitrogen and oxygen atoms in total. The maximum atomic E-state index is 13.0. The fraction of sp³-hybridized carbons (Fsp3) is 0.0286. The SMILES string of the molecule is CC(=O)Nc1ccc(/N=N/c2c(S(=O)(=O)O)cc3cc(NC(=O)Nc4ccc5c(O)c(/N=N/c6ccccc6)c(S(=O)(=O)O)cc5c4)ccc3c2O)cc1.[NaH].[NaH]. The molecule has 6 aromatic rings. The summed E-state index contributed by atoms with van der Waals surface area (Å²) < 4.78 is 69.0. The van der Waals surface area contributed by atoms with Gasteiger partial charge in [0, 0.05) is 34.8 Å². The van der Waals surface area contributed by atoms with E-state index in [1.807, 2.05) is 0 Å². The number of aromatic hydroxyl groups is 2. The van der Waals surface area contributed by atoms with Crippen molar-refractivity contribution in [2.24, 2.45) is 20.5 Å². The molecular formula is C35H29N7Na2O10S2. The molecule has 0 heterocycles. The predicted molar refractivity (Wildman–Crippen MR) is 213 cm³/mol. The number of phenolic OH excluding ortho intramolecular Hbond substituents is 2. The van der Waals surface area contributed by atoms with Crippen LogP contribution in [0.25, 0.3) is 21.5 Å². The van der Waals surface area contributed by atoms with E-state index >= 15 is 0 Å². The van der Waals surface area contributed by atoms with Gasteiger partial charge in [-0.1, -0.05) is 18.2 Å². The van der Waals surface area contributed by atoms with Gasteiger partial charge in [-0.3, -0.25) is 13.9 Å². The van der Waals surface area contributed by atoms with Gasteiger partial charge in [0.1, 0.15) is 21.2 Å². The number of azo groups is 2. The first-order chi connectivity index (χ1) is 25.6. The molecule has 21 heteroatoms. The number of rotatable bonds is 9. The second-order valence-corrected chi connectivity index (χ2v) is 14.3. The first-order valence-electron chi connectivity index (χ1n) is 15.5. The fourth-order valence-electron chi connectivity index (χ4n) is 5.26. The van der Waals surface area contributed by atoms with Crippen molar-refractivity contribution in [2.75, 3.05) is 16.0 Å². The van der Waals surface area contributed by atoms with Crippen LogP contribution in [0.3, 0.4) is 0 Å². The number of carbonyl (C=O) groups excluding carboxylic acids is 2. The van der Waals surface area contributed by atoms with Crippen LogP contribution < -0.4 is 16.0 Å². The molecular weight excluding hydrogens is 789 g/mol. The maximum absolute atomic E-state index is 13.0. The van der Waals surface area contributed by atoms with Crippen LogP contribution in [0.4, 0.5) is 44.6 Å². The van der Waals surface area contributed by atoms with Gasteiger partial charge in [-0.15, -0.1) is 10.2 Å². The third-order valence-electron chi connectivity index (χ3n) is 7.65. The average molecular weight is 818 g/mol. The Morgan fingerprint density at radius 3 is 1.36 bits per heavy atom. The Labute approximate surface area is 363 Å². The van der Waals surface area contributed by atoms with Gasteiger partial charge in [0.15, 0.2) is 11.5 Å². The van der Waals surface area contributed by atoms with E-state index in [1.165, 1.54) is 67.6 Å². The van der Waals surface area contributed by atoms with E-state index in [0.29, 0.717) is 11.4 Å². The molecule has 3 amide bonds. The standard InChI is InChI=1S/C35H27N7O10S2.2Na.2H/c1-19(43)36-22-7-9-24(10-8-22)40-42-32-30(54(50,51)52)18-21-16-26(12-14-28(21)34(32)45)38-35(46)37-25-11-13-27-20(15-25)17-29(53(47,48)49)31(33(27)44)41-39-23-5-3-2-4-6-23;;;;/h2-18,44-45H,1H3,(H,36,43)(H2,37,38,46)(H,47,48,49)(H,50,51,52);;;;/b41-39+,42-40+;;;;. The molecule has 56 heavy (non-hydrogen) atoms. The molecule has 0 atom stereocenters. The quantitative estimate of drug-likeness (QED) is 0.0444. The minimum absolute atomic E-state index is 0. The average Bonchev–Trinajstić information content (AvgIpc) is 3.10. The molecule has 0 saturated carbocycles. The summed E-state index contributed by atoms with van der Waals surface area (Å²) in [6.07, 6.45) is 0. The molecule has 0 aliphatic heterocycles. The van der Waals surface area contributed by atoms with E-state index in [2.05, 4.69) is 36.4 Å². The van der Waals surface area contributed by atoms with E-state index in [1.54, 1.807) is 30.3 Å². The van der Waals surface area contributed by atoms with Crippen molar-refractivity contribution in [3.8, 4) is 11.5 Å². The number of carbonyl (C=O) groups is 2. The van der Waals surface area contributed by atoms with Gasteiger partial charge in [-0.25, -0.2) is 4.79 Å². The van der Waals surface area contributed by atoms with Gasteiger partial charge in [-0.2, -0.15) is 27.1 Å². The van der Waals surface area contributed by atoms with Crippen LogP contribution >= 0.6 is 0 Å². The first kappa shape index (κ1) is 43.9. The number of nitrogens with one attached hydrogen (secondary N) is 3. The van der Waals surface area contributed by atoms with Crippen molar-refractivity contribution >= 4 is 153 Å². The Bertz CT molecular complexity index is 2770. The molecule has 0 bridgehead atoms. The minimum atomic E-state index is -4.94. The molecule has 6 rings (SSSR count). The topological polar surface area (TPSA) is 269 Å². The molecule has 0 radical (unpaired) electrons. The van der Waals surface area contributed by atoms with Crippen LogP contribution in [0.15, 0.2) is 133 Å². The molecule has 278 valence electrons. The van der Waals surface area contributed by atoms with E-state index < -0.39 is 58.9 Å². The summed E-state index contributed by atoms with van der Waals surface area (Å²) in [4.78, 5) is 22.8. The van der Waals surface area contributed by atoms with Gasteiger partial charge in [-0.05, 0) is 95.7 Å². The van der Waals surface area contributed by atoms with Crippen molar-refractivity contribution in [3.63, 3.8) is 0 Å². The van der Waals surface area contributed by atoms with Gasteiger partial charge >= 0.3 is 65.1 Å². The number of hydrogen-bond donors (Lipinski definition) is 7. The number of hydrogen-bond acceptors (Lipinski definition) is 12. The van der Waals surface area contributed by atoms with Crippen molar-refractivity contribution in [1.82, 2.24) is 0 Å². The predicted octanol–water partition coefficient (Wildman–Crippen LogP) is 7.03. The zero-order valence-corrected chi connectivity index (χ0v) is 29.3. The van der Waals surface area contributed by atoms with Crippen LogP contribution in [0, 0.1) is 0 Å². The Kier molecular flexibility index (Phi) is 14.1. The molecule has 0 aliphatic rings. The second-order valence-electron chi connectivity index (χ2n) is 11.5.